The van der Waals surface area contributed by atoms with Crippen molar-refractivity contribution in [1.29, 1.82) is 0 Å². The molecule has 0 aromatic rings. The summed E-state index contributed by atoms with van der Waals surface area (Å²) in [5, 5.41) is 0. The first kappa shape index (κ1) is 49.9. The second-order valence-corrected chi connectivity index (χ2v) is 55.8. The molecule has 290 valence electrons. The van der Waals surface area contributed by atoms with Crippen LogP contribution >= 0.6 is 0 Å². The summed E-state index contributed by atoms with van der Waals surface area (Å²) in [5.41, 5.74) is 0. The van der Waals surface area contributed by atoms with Crippen molar-refractivity contribution in [2.75, 3.05) is 21.3 Å². The molecule has 12 nitrogen and oxygen atoms in total. The van der Waals surface area contributed by atoms with Crippen LogP contribution in [-0.4, -0.2) is 116 Å². The van der Waals surface area contributed by atoms with E-state index in [1.54, 1.807) is 21.3 Å². The van der Waals surface area contributed by atoms with Crippen LogP contribution in [-0.2, 0) is 50.3 Å². The Labute approximate surface area is 307 Å². The van der Waals surface area contributed by atoms with Crippen LogP contribution in [0.4, 0.5) is 0 Å². The molecule has 48 heavy (non-hydrogen) atoms. The predicted octanol–water partition coefficient (Wildman–Crippen LogP) is 7.82. The van der Waals surface area contributed by atoms with Crippen molar-refractivity contribution in [2.24, 2.45) is 0 Å². The van der Waals surface area contributed by atoms with Crippen LogP contribution in [0.1, 0.15) is 0 Å². The minimum Gasteiger partial charge on any atom is -0.440 e. The molecule has 0 N–H and O–H groups in total. The molecular formula is C25H74O12Si11. The minimum atomic E-state index is -2.69. The first-order valence-corrected chi connectivity index (χ1v) is 47.3. The molecule has 0 unspecified atom stereocenters. The van der Waals surface area contributed by atoms with Crippen molar-refractivity contribution in [3.8, 4) is 0 Å². The molecule has 0 rings (SSSR count). The fraction of sp³-hybridized carbons (Fsp3) is 1.00. The van der Waals surface area contributed by atoms with Gasteiger partial charge in [0.1, 0.15) is 0 Å². The molecular weight excluding hydrogens is 801 g/mol. The molecule has 0 bridgehead atoms. The van der Waals surface area contributed by atoms with Crippen molar-refractivity contribution in [3.63, 3.8) is 0 Å². The number of rotatable bonds is 24. The molecule has 0 saturated heterocycles. The van der Waals surface area contributed by atoms with Crippen LogP contribution in [0, 0.1) is 0 Å². The van der Waals surface area contributed by atoms with Gasteiger partial charge in [-0.05, 0) is 137 Å². The lowest BCUT2D eigenvalue weighted by Crippen LogP contribution is -2.62. The maximum atomic E-state index is 6.79. The molecule has 0 aromatic heterocycles. The molecule has 23 heteroatoms. The van der Waals surface area contributed by atoms with Crippen LogP contribution in [0.5, 0.6) is 0 Å². The Morgan fingerprint density at radius 1 is 0.333 bits per heavy atom. The van der Waals surface area contributed by atoms with Gasteiger partial charge in [-0.3, -0.25) is 0 Å². The SMILES string of the molecule is CO[Si](CC[Si](C)(C)O[Si](C)(C)O[Si](C)(C)O[Si](C)(C)O[Si](C)(C)O[Si](C)(C)O[Si](C)(C)O[Si](C)(C)O[Si](C)(C)O[SiH](C)C)(OC)OC. The Morgan fingerprint density at radius 3 is 0.792 bits per heavy atom. The van der Waals surface area contributed by atoms with Crippen molar-refractivity contribution in [3.05, 3.63) is 0 Å². The average molecular weight is 876 g/mol. The Kier molecular flexibility index (Phi) is 18.7. The van der Waals surface area contributed by atoms with Gasteiger partial charge in [0.2, 0.25) is 0 Å². The molecule has 0 aliphatic heterocycles. The lowest BCUT2D eigenvalue weighted by atomic mass is 10.9. The lowest BCUT2D eigenvalue weighted by Gasteiger charge is -2.44. The monoisotopic (exact) mass is 874 g/mol. The number of hydrogen-bond donors (Lipinski definition) is 0. The second kappa shape index (κ2) is 18.0. The molecule has 0 saturated carbocycles. The quantitative estimate of drug-likeness (QED) is 0.0883. The predicted molar refractivity (Wildman–Crippen MR) is 222 cm³/mol. The molecule has 0 aromatic carbocycles. The van der Waals surface area contributed by atoms with E-state index >= 15 is 0 Å². The maximum Gasteiger partial charge on any atom is 0.499 e. The summed E-state index contributed by atoms with van der Waals surface area (Å²) in [6.07, 6.45) is 0. The van der Waals surface area contributed by atoms with Crippen LogP contribution < -0.4 is 0 Å². The van der Waals surface area contributed by atoms with Crippen molar-refractivity contribution < 1.29 is 50.3 Å². The highest BCUT2D eigenvalue weighted by Gasteiger charge is 2.50. The van der Waals surface area contributed by atoms with E-state index in [1.807, 2.05) is 0 Å². The van der Waals surface area contributed by atoms with Gasteiger partial charge in [-0.1, -0.05) is 0 Å². The molecule has 0 atom stereocenters. The molecule has 0 fully saturated rings. The zero-order valence-corrected chi connectivity index (χ0v) is 46.0. The number of hydrogen-bond acceptors (Lipinski definition) is 12. The smallest absolute Gasteiger partial charge is 0.440 e. The molecule has 0 heterocycles. The minimum absolute atomic E-state index is 0.696. The summed E-state index contributed by atoms with van der Waals surface area (Å²) < 4.78 is 77.0. The van der Waals surface area contributed by atoms with E-state index in [9.17, 15) is 0 Å². The van der Waals surface area contributed by atoms with Gasteiger partial charge >= 0.3 is 77.3 Å². The van der Waals surface area contributed by atoms with Gasteiger partial charge in [0.15, 0.2) is 17.4 Å². The topological polar surface area (TPSA) is 111 Å². The third-order valence-electron chi connectivity index (χ3n) is 6.45. The van der Waals surface area contributed by atoms with Crippen molar-refractivity contribution in [2.45, 2.75) is 143 Å². The van der Waals surface area contributed by atoms with Gasteiger partial charge in [-0.25, -0.2) is 0 Å². The van der Waals surface area contributed by atoms with E-state index in [2.05, 4.69) is 131 Å². The summed E-state index contributed by atoms with van der Waals surface area (Å²) >= 11 is 0. The molecule has 0 amide bonds. The molecule has 0 aliphatic rings. The van der Waals surface area contributed by atoms with E-state index in [0.717, 1.165) is 6.04 Å². The van der Waals surface area contributed by atoms with Gasteiger partial charge in [0.05, 0.1) is 0 Å². The van der Waals surface area contributed by atoms with E-state index in [-0.39, 0.29) is 0 Å². The van der Waals surface area contributed by atoms with Crippen LogP contribution in [0.25, 0.3) is 0 Å². The third-order valence-corrected chi connectivity index (χ3v) is 47.0. The Bertz CT molecular complexity index is 984. The van der Waals surface area contributed by atoms with E-state index in [4.69, 9.17) is 50.3 Å². The van der Waals surface area contributed by atoms with Crippen molar-refractivity contribution >= 4 is 94.6 Å². The highest BCUT2D eigenvalue weighted by molar-refractivity contribution is 6.93. The Morgan fingerprint density at radius 2 is 0.562 bits per heavy atom. The zero-order valence-electron chi connectivity index (χ0n) is 34.9. The van der Waals surface area contributed by atoms with Crippen LogP contribution in [0.15, 0.2) is 0 Å². The summed E-state index contributed by atoms with van der Waals surface area (Å²) in [5.74, 6) is 0. The highest BCUT2D eigenvalue weighted by Crippen LogP contribution is 2.31. The summed E-state index contributed by atoms with van der Waals surface area (Å²) in [4.78, 5) is 0. The standard InChI is InChI=1S/C25H74O12Si11/c1-26-48(27-2,28-3)25-24-39(6,7)30-41(10,11)32-43(14,15)34-45(18,19)36-47(22,23)37-46(20,21)35-44(16,17)33-42(12,13)31-40(8,9)29-38(4)5/h38H,24-25H2,1-23H3. The van der Waals surface area contributed by atoms with Crippen molar-refractivity contribution in [1.82, 2.24) is 0 Å². The fourth-order valence-corrected chi connectivity index (χ4v) is 59.2. The normalized spacial score (nSPS) is 15.5. The maximum absolute atomic E-state index is 6.79. The summed E-state index contributed by atoms with van der Waals surface area (Å²) in [6, 6.07) is 1.53. The summed E-state index contributed by atoms with van der Waals surface area (Å²) in [6.45, 7) is 42.0. The second-order valence-electron chi connectivity index (χ2n) is 16.7. The van der Waals surface area contributed by atoms with Gasteiger partial charge in [0.25, 0.3) is 0 Å². The van der Waals surface area contributed by atoms with Gasteiger partial charge in [0, 0.05) is 27.4 Å². The van der Waals surface area contributed by atoms with Gasteiger partial charge < -0.3 is 50.3 Å². The average Bonchev–Trinajstić information content (AvgIpc) is 2.72. The molecule has 0 aliphatic carbocycles. The Hall–Kier alpha value is 1.91. The van der Waals surface area contributed by atoms with Crippen LogP contribution in [0.2, 0.25) is 143 Å². The molecule has 0 radical (unpaired) electrons. The first-order chi connectivity index (χ1) is 21.0. The van der Waals surface area contributed by atoms with Crippen LogP contribution in [0.3, 0.4) is 0 Å². The van der Waals surface area contributed by atoms with Gasteiger partial charge in [-0.2, -0.15) is 0 Å². The molecule has 0 spiro atoms. The highest BCUT2D eigenvalue weighted by atomic mass is 28.5. The van der Waals surface area contributed by atoms with E-state index in [0.29, 0.717) is 6.04 Å². The summed E-state index contributed by atoms with van der Waals surface area (Å²) in [7, 11) is -21.8. The van der Waals surface area contributed by atoms with E-state index < -0.39 is 94.6 Å². The van der Waals surface area contributed by atoms with E-state index in [1.165, 1.54) is 0 Å². The lowest BCUT2D eigenvalue weighted by molar-refractivity contribution is 0.124. The van der Waals surface area contributed by atoms with Gasteiger partial charge in [-0.15, -0.1) is 0 Å². The Balaban J connectivity index is 5.49. The first-order valence-electron chi connectivity index (χ1n) is 16.9. The fourth-order valence-electron chi connectivity index (χ4n) is 6.61. The largest absolute Gasteiger partial charge is 0.499 e. The third kappa shape index (κ3) is 21.0. The zero-order chi connectivity index (χ0) is 38.5.